The SMILES string of the molecule is Cc1cc(C(C)(C)CC(=O)O)cc(C#N)c1O. The number of rotatable bonds is 3. The predicted octanol–water partition coefficient (Wildman–Crippen LogP) is 2.32. The fraction of sp³-hybridized carbons (Fsp3) is 0.385. The highest BCUT2D eigenvalue weighted by molar-refractivity contribution is 5.69. The average molecular weight is 233 g/mol. The first kappa shape index (κ1) is 13.0. The first-order valence-corrected chi connectivity index (χ1v) is 5.24. The molecule has 0 fully saturated rings. The molecule has 1 rings (SSSR count). The molecule has 1 aromatic carbocycles. The van der Waals surface area contributed by atoms with Gasteiger partial charge in [0.15, 0.2) is 0 Å². The van der Waals surface area contributed by atoms with Crippen LogP contribution in [0.15, 0.2) is 12.1 Å². The van der Waals surface area contributed by atoms with Gasteiger partial charge in [0.1, 0.15) is 11.8 Å². The summed E-state index contributed by atoms with van der Waals surface area (Å²) in [7, 11) is 0. The highest BCUT2D eigenvalue weighted by Crippen LogP contribution is 2.32. The van der Waals surface area contributed by atoms with Crippen molar-refractivity contribution in [2.24, 2.45) is 0 Å². The summed E-state index contributed by atoms with van der Waals surface area (Å²) in [6.45, 7) is 5.29. The van der Waals surface area contributed by atoms with Gasteiger partial charge >= 0.3 is 5.97 Å². The number of carboxylic acid groups (broad SMARTS) is 1. The summed E-state index contributed by atoms with van der Waals surface area (Å²) in [6.07, 6.45) is -0.0257. The minimum absolute atomic E-state index is 0.0257. The second kappa shape index (κ2) is 4.46. The minimum atomic E-state index is -0.890. The Morgan fingerprint density at radius 2 is 2.06 bits per heavy atom. The molecule has 2 N–H and O–H groups in total. The van der Waals surface area contributed by atoms with Gasteiger partial charge in [-0.3, -0.25) is 4.79 Å². The summed E-state index contributed by atoms with van der Waals surface area (Å²) in [5.74, 6) is -0.929. The van der Waals surface area contributed by atoms with Crippen LogP contribution in [0.5, 0.6) is 5.75 Å². The summed E-state index contributed by atoms with van der Waals surface area (Å²) >= 11 is 0. The lowest BCUT2D eigenvalue weighted by molar-refractivity contribution is -0.138. The maximum Gasteiger partial charge on any atom is 0.304 e. The number of aromatic hydroxyl groups is 1. The third kappa shape index (κ3) is 2.76. The number of benzene rings is 1. The smallest absolute Gasteiger partial charge is 0.304 e. The van der Waals surface area contributed by atoms with Crippen LogP contribution in [0, 0.1) is 18.3 Å². The Morgan fingerprint density at radius 1 is 1.47 bits per heavy atom. The molecule has 0 heterocycles. The quantitative estimate of drug-likeness (QED) is 0.839. The zero-order valence-corrected chi connectivity index (χ0v) is 10.1. The van der Waals surface area contributed by atoms with Crippen molar-refractivity contribution < 1.29 is 15.0 Å². The van der Waals surface area contributed by atoms with Crippen molar-refractivity contribution in [3.05, 3.63) is 28.8 Å². The van der Waals surface area contributed by atoms with E-state index in [4.69, 9.17) is 10.4 Å². The van der Waals surface area contributed by atoms with Crippen LogP contribution in [0.3, 0.4) is 0 Å². The van der Waals surface area contributed by atoms with Crippen molar-refractivity contribution in [1.82, 2.24) is 0 Å². The number of carboxylic acids is 1. The van der Waals surface area contributed by atoms with Crippen LogP contribution >= 0.6 is 0 Å². The highest BCUT2D eigenvalue weighted by atomic mass is 16.4. The molecule has 0 spiro atoms. The first-order valence-electron chi connectivity index (χ1n) is 5.24. The lowest BCUT2D eigenvalue weighted by Crippen LogP contribution is -2.22. The summed E-state index contributed by atoms with van der Waals surface area (Å²) in [6, 6.07) is 5.17. The Bertz CT molecular complexity index is 498. The number of aliphatic carboxylic acids is 1. The number of hydrogen-bond acceptors (Lipinski definition) is 3. The molecule has 0 aliphatic rings. The van der Waals surface area contributed by atoms with E-state index in [0.717, 1.165) is 5.56 Å². The van der Waals surface area contributed by atoms with Crippen molar-refractivity contribution in [3.63, 3.8) is 0 Å². The third-order valence-corrected chi connectivity index (χ3v) is 2.80. The maximum absolute atomic E-state index is 10.8. The number of phenols is 1. The first-order chi connectivity index (χ1) is 7.77. The van der Waals surface area contributed by atoms with Crippen LogP contribution in [0.1, 0.15) is 37.0 Å². The molecule has 0 aliphatic heterocycles. The van der Waals surface area contributed by atoms with E-state index >= 15 is 0 Å². The minimum Gasteiger partial charge on any atom is -0.506 e. The maximum atomic E-state index is 10.8. The van der Waals surface area contributed by atoms with E-state index in [1.54, 1.807) is 32.9 Å². The van der Waals surface area contributed by atoms with E-state index < -0.39 is 11.4 Å². The molecule has 4 nitrogen and oxygen atoms in total. The van der Waals surface area contributed by atoms with E-state index in [0.29, 0.717) is 5.56 Å². The Kier molecular flexibility index (Phi) is 3.42. The summed E-state index contributed by atoms with van der Waals surface area (Å²) < 4.78 is 0. The Hall–Kier alpha value is -2.02. The van der Waals surface area contributed by atoms with Crippen molar-refractivity contribution in [1.29, 1.82) is 5.26 Å². The molecule has 90 valence electrons. The molecule has 0 unspecified atom stereocenters. The van der Waals surface area contributed by atoms with Crippen LogP contribution < -0.4 is 0 Å². The van der Waals surface area contributed by atoms with Crippen LogP contribution in [0.4, 0.5) is 0 Å². The van der Waals surface area contributed by atoms with Crippen LogP contribution in [0.25, 0.3) is 0 Å². The van der Waals surface area contributed by atoms with Crippen LogP contribution in [0.2, 0.25) is 0 Å². The fourth-order valence-electron chi connectivity index (χ4n) is 1.74. The molecule has 0 saturated heterocycles. The lowest BCUT2D eigenvalue weighted by Gasteiger charge is -2.24. The molecule has 0 aliphatic carbocycles. The zero-order chi connectivity index (χ0) is 13.2. The molecule has 0 saturated carbocycles. The highest BCUT2D eigenvalue weighted by Gasteiger charge is 2.25. The van der Waals surface area contributed by atoms with Gasteiger partial charge in [0, 0.05) is 5.41 Å². The number of phenolic OH excluding ortho intramolecular Hbond substituents is 1. The molecule has 0 atom stereocenters. The van der Waals surface area contributed by atoms with Gasteiger partial charge in [-0.15, -0.1) is 0 Å². The monoisotopic (exact) mass is 233 g/mol. The van der Waals surface area contributed by atoms with Gasteiger partial charge in [-0.05, 0) is 24.1 Å². The average Bonchev–Trinajstić information content (AvgIpc) is 2.19. The fourth-order valence-corrected chi connectivity index (χ4v) is 1.74. The summed E-state index contributed by atoms with van der Waals surface area (Å²) in [5, 5.41) is 27.4. The van der Waals surface area contributed by atoms with Gasteiger partial charge in [-0.1, -0.05) is 19.9 Å². The van der Waals surface area contributed by atoms with E-state index in [-0.39, 0.29) is 17.7 Å². The van der Waals surface area contributed by atoms with Crippen molar-refractivity contribution in [2.75, 3.05) is 0 Å². The number of aryl methyl sites for hydroxylation is 1. The third-order valence-electron chi connectivity index (χ3n) is 2.80. The molecule has 0 radical (unpaired) electrons. The number of carbonyl (C=O) groups is 1. The molecular formula is C13H15NO3. The van der Waals surface area contributed by atoms with Gasteiger partial charge in [0.2, 0.25) is 0 Å². The lowest BCUT2D eigenvalue weighted by atomic mass is 9.80. The van der Waals surface area contributed by atoms with Gasteiger partial charge in [0.05, 0.1) is 12.0 Å². The molecule has 17 heavy (non-hydrogen) atoms. The second-order valence-corrected chi connectivity index (χ2v) is 4.76. The number of nitrogens with zero attached hydrogens (tertiary/aromatic N) is 1. The van der Waals surface area contributed by atoms with Crippen LogP contribution in [-0.2, 0) is 10.2 Å². The van der Waals surface area contributed by atoms with E-state index in [1.807, 2.05) is 6.07 Å². The molecule has 0 amide bonds. The van der Waals surface area contributed by atoms with Gasteiger partial charge in [-0.2, -0.15) is 5.26 Å². The van der Waals surface area contributed by atoms with Gasteiger partial charge in [-0.25, -0.2) is 0 Å². The molecule has 1 aromatic rings. The van der Waals surface area contributed by atoms with Crippen molar-refractivity contribution >= 4 is 5.97 Å². The summed E-state index contributed by atoms with van der Waals surface area (Å²) in [5.41, 5.74) is 0.929. The standard InChI is InChI=1S/C13H15NO3/c1-8-4-10(5-9(7-14)12(8)17)13(2,3)6-11(15)16/h4-5,17H,6H2,1-3H3,(H,15,16). The van der Waals surface area contributed by atoms with E-state index in [1.165, 1.54) is 0 Å². The normalized spacial score (nSPS) is 10.9. The number of hydrogen-bond donors (Lipinski definition) is 2. The Labute approximate surface area is 100 Å². The van der Waals surface area contributed by atoms with E-state index in [9.17, 15) is 9.90 Å². The molecule has 4 heteroatoms. The topological polar surface area (TPSA) is 81.3 Å². The molecular weight excluding hydrogens is 218 g/mol. The molecule has 0 bridgehead atoms. The number of nitriles is 1. The van der Waals surface area contributed by atoms with Crippen LogP contribution in [-0.4, -0.2) is 16.2 Å². The zero-order valence-electron chi connectivity index (χ0n) is 10.1. The Morgan fingerprint density at radius 3 is 2.53 bits per heavy atom. The largest absolute Gasteiger partial charge is 0.506 e. The predicted molar refractivity (Wildman–Crippen MR) is 62.8 cm³/mol. The second-order valence-electron chi connectivity index (χ2n) is 4.76. The van der Waals surface area contributed by atoms with Gasteiger partial charge in [0.25, 0.3) is 0 Å². The van der Waals surface area contributed by atoms with E-state index in [2.05, 4.69) is 0 Å². The van der Waals surface area contributed by atoms with Crippen molar-refractivity contribution in [2.45, 2.75) is 32.6 Å². The Balaban J connectivity index is 3.29. The van der Waals surface area contributed by atoms with Gasteiger partial charge < -0.3 is 10.2 Å². The summed E-state index contributed by atoms with van der Waals surface area (Å²) in [4.78, 5) is 10.8. The van der Waals surface area contributed by atoms with Crippen molar-refractivity contribution in [3.8, 4) is 11.8 Å². The molecule has 0 aromatic heterocycles.